The zero-order valence-corrected chi connectivity index (χ0v) is 12.6. The molecule has 1 aliphatic heterocycles. The van der Waals surface area contributed by atoms with Gasteiger partial charge in [-0.25, -0.2) is 0 Å². The van der Waals surface area contributed by atoms with Gasteiger partial charge in [0.05, 0.1) is 0 Å². The maximum atomic E-state index is 6.06. The van der Waals surface area contributed by atoms with Gasteiger partial charge in [-0.3, -0.25) is 0 Å². The Morgan fingerprint density at radius 1 is 1.32 bits per heavy atom. The third-order valence-corrected chi connectivity index (χ3v) is 4.13. The van der Waals surface area contributed by atoms with Crippen molar-refractivity contribution in [2.75, 3.05) is 26.2 Å². The Labute approximate surface area is 122 Å². The SMILES string of the molecule is CCC(NCCCN1CCCC1)c1cccc(Cl)c1. The van der Waals surface area contributed by atoms with Crippen molar-refractivity contribution in [2.24, 2.45) is 0 Å². The van der Waals surface area contributed by atoms with Gasteiger partial charge in [-0.2, -0.15) is 0 Å². The van der Waals surface area contributed by atoms with Crippen molar-refractivity contribution in [3.63, 3.8) is 0 Å². The van der Waals surface area contributed by atoms with Gasteiger partial charge in [0, 0.05) is 11.1 Å². The molecule has 1 heterocycles. The minimum absolute atomic E-state index is 0.428. The molecule has 0 bridgehead atoms. The van der Waals surface area contributed by atoms with Gasteiger partial charge < -0.3 is 10.2 Å². The van der Waals surface area contributed by atoms with Crippen molar-refractivity contribution in [3.05, 3.63) is 34.9 Å². The Morgan fingerprint density at radius 2 is 2.11 bits per heavy atom. The summed E-state index contributed by atoms with van der Waals surface area (Å²) in [7, 11) is 0. The number of benzene rings is 1. The van der Waals surface area contributed by atoms with Crippen LogP contribution in [0.5, 0.6) is 0 Å². The maximum Gasteiger partial charge on any atom is 0.0409 e. The molecular formula is C16H25ClN2. The highest BCUT2D eigenvalue weighted by Crippen LogP contribution is 2.20. The molecule has 3 heteroatoms. The van der Waals surface area contributed by atoms with E-state index in [1.54, 1.807) is 0 Å². The molecule has 0 aromatic heterocycles. The molecule has 0 aliphatic carbocycles. The predicted molar refractivity (Wildman–Crippen MR) is 82.8 cm³/mol. The highest BCUT2D eigenvalue weighted by atomic mass is 35.5. The summed E-state index contributed by atoms with van der Waals surface area (Å²) in [6, 6.07) is 8.63. The molecule has 0 amide bonds. The average Bonchev–Trinajstić information content (AvgIpc) is 2.92. The summed E-state index contributed by atoms with van der Waals surface area (Å²) in [5.41, 5.74) is 1.30. The van der Waals surface area contributed by atoms with Crippen LogP contribution in [-0.2, 0) is 0 Å². The molecule has 0 radical (unpaired) electrons. The van der Waals surface area contributed by atoms with Gasteiger partial charge >= 0.3 is 0 Å². The lowest BCUT2D eigenvalue weighted by atomic mass is 10.0. The van der Waals surface area contributed by atoms with E-state index in [1.807, 2.05) is 12.1 Å². The molecule has 106 valence electrons. The summed E-state index contributed by atoms with van der Waals surface area (Å²) in [5.74, 6) is 0. The quantitative estimate of drug-likeness (QED) is 0.763. The molecule has 1 saturated heterocycles. The van der Waals surface area contributed by atoms with Crippen molar-refractivity contribution < 1.29 is 0 Å². The second kappa shape index (κ2) is 7.88. The fourth-order valence-electron chi connectivity index (χ4n) is 2.81. The topological polar surface area (TPSA) is 15.3 Å². The number of rotatable bonds is 7. The number of likely N-dealkylation sites (tertiary alicyclic amines) is 1. The van der Waals surface area contributed by atoms with Gasteiger partial charge in [0.25, 0.3) is 0 Å². The van der Waals surface area contributed by atoms with Gasteiger partial charge in [0.15, 0.2) is 0 Å². The van der Waals surface area contributed by atoms with E-state index in [0.29, 0.717) is 6.04 Å². The van der Waals surface area contributed by atoms with Crippen LogP contribution in [0.3, 0.4) is 0 Å². The first-order valence-electron chi connectivity index (χ1n) is 7.51. The molecule has 2 nitrogen and oxygen atoms in total. The zero-order chi connectivity index (χ0) is 13.5. The summed E-state index contributed by atoms with van der Waals surface area (Å²) >= 11 is 6.06. The summed E-state index contributed by atoms with van der Waals surface area (Å²) in [6.45, 7) is 7.14. The number of halogens is 1. The highest BCUT2D eigenvalue weighted by Gasteiger charge is 2.12. The number of hydrogen-bond donors (Lipinski definition) is 1. The lowest BCUT2D eigenvalue weighted by molar-refractivity contribution is 0.327. The van der Waals surface area contributed by atoms with Crippen molar-refractivity contribution in [1.29, 1.82) is 0 Å². The zero-order valence-electron chi connectivity index (χ0n) is 11.9. The second-order valence-electron chi connectivity index (χ2n) is 5.37. The van der Waals surface area contributed by atoms with Crippen LogP contribution in [-0.4, -0.2) is 31.1 Å². The number of hydrogen-bond acceptors (Lipinski definition) is 2. The molecule has 19 heavy (non-hydrogen) atoms. The molecule has 1 unspecified atom stereocenters. The monoisotopic (exact) mass is 280 g/mol. The van der Waals surface area contributed by atoms with E-state index in [4.69, 9.17) is 11.6 Å². The Hall–Kier alpha value is -0.570. The van der Waals surface area contributed by atoms with Gasteiger partial charge in [-0.05, 0) is 69.6 Å². The first-order chi connectivity index (χ1) is 9.29. The molecule has 1 atom stereocenters. The molecule has 1 aromatic rings. The van der Waals surface area contributed by atoms with Gasteiger partial charge in [0.2, 0.25) is 0 Å². The Kier molecular flexibility index (Phi) is 6.15. The van der Waals surface area contributed by atoms with Crippen molar-refractivity contribution in [3.8, 4) is 0 Å². The van der Waals surface area contributed by atoms with Crippen LogP contribution in [0.2, 0.25) is 5.02 Å². The van der Waals surface area contributed by atoms with Crippen LogP contribution in [0.25, 0.3) is 0 Å². The standard InChI is InChI=1S/C16H25ClN2/c1-2-16(14-7-5-8-15(17)13-14)18-9-6-12-19-10-3-4-11-19/h5,7-8,13,16,18H,2-4,6,9-12H2,1H3. The summed E-state index contributed by atoms with van der Waals surface area (Å²) < 4.78 is 0. The molecule has 1 fully saturated rings. The van der Waals surface area contributed by atoms with Crippen LogP contribution in [0.1, 0.15) is 44.2 Å². The minimum atomic E-state index is 0.428. The summed E-state index contributed by atoms with van der Waals surface area (Å²) in [5, 5.41) is 4.48. The van der Waals surface area contributed by atoms with Gasteiger partial charge in [0.1, 0.15) is 0 Å². The van der Waals surface area contributed by atoms with E-state index in [9.17, 15) is 0 Å². The van der Waals surface area contributed by atoms with Crippen molar-refractivity contribution in [1.82, 2.24) is 10.2 Å². The molecule has 1 aromatic carbocycles. The highest BCUT2D eigenvalue weighted by molar-refractivity contribution is 6.30. The predicted octanol–water partition coefficient (Wildman–Crippen LogP) is 3.87. The molecule has 2 rings (SSSR count). The third-order valence-electron chi connectivity index (χ3n) is 3.90. The van der Waals surface area contributed by atoms with E-state index in [-0.39, 0.29) is 0 Å². The number of nitrogens with one attached hydrogen (secondary N) is 1. The van der Waals surface area contributed by atoms with Gasteiger partial charge in [-0.1, -0.05) is 30.7 Å². The molecule has 1 aliphatic rings. The average molecular weight is 281 g/mol. The van der Waals surface area contributed by atoms with Crippen LogP contribution in [0.4, 0.5) is 0 Å². The van der Waals surface area contributed by atoms with E-state index in [1.165, 1.54) is 44.5 Å². The lowest BCUT2D eigenvalue weighted by Crippen LogP contribution is -2.27. The first-order valence-corrected chi connectivity index (χ1v) is 7.88. The minimum Gasteiger partial charge on any atom is -0.310 e. The maximum absolute atomic E-state index is 6.06. The van der Waals surface area contributed by atoms with Crippen LogP contribution < -0.4 is 5.32 Å². The van der Waals surface area contributed by atoms with Crippen LogP contribution >= 0.6 is 11.6 Å². The Morgan fingerprint density at radius 3 is 2.79 bits per heavy atom. The van der Waals surface area contributed by atoms with Gasteiger partial charge in [-0.15, -0.1) is 0 Å². The van der Waals surface area contributed by atoms with E-state index < -0.39 is 0 Å². The lowest BCUT2D eigenvalue weighted by Gasteiger charge is -2.19. The second-order valence-corrected chi connectivity index (χ2v) is 5.81. The first kappa shape index (κ1) is 14.8. The summed E-state index contributed by atoms with van der Waals surface area (Å²) in [6.07, 6.45) is 5.10. The molecular weight excluding hydrogens is 256 g/mol. The molecule has 1 N–H and O–H groups in total. The van der Waals surface area contributed by atoms with E-state index >= 15 is 0 Å². The number of nitrogens with zero attached hydrogens (tertiary/aromatic N) is 1. The normalized spacial score (nSPS) is 17.8. The van der Waals surface area contributed by atoms with Crippen LogP contribution in [0, 0.1) is 0 Å². The smallest absolute Gasteiger partial charge is 0.0409 e. The summed E-state index contributed by atoms with van der Waals surface area (Å²) in [4.78, 5) is 2.57. The van der Waals surface area contributed by atoms with Crippen molar-refractivity contribution in [2.45, 2.75) is 38.6 Å². The molecule has 0 saturated carbocycles. The van der Waals surface area contributed by atoms with E-state index in [2.05, 4.69) is 29.3 Å². The van der Waals surface area contributed by atoms with Crippen LogP contribution in [0.15, 0.2) is 24.3 Å². The Bertz CT molecular complexity index is 375. The third kappa shape index (κ3) is 4.79. The molecule has 0 spiro atoms. The fraction of sp³-hybridized carbons (Fsp3) is 0.625. The van der Waals surface area contributed by atoms with E-state index in [0.717, 1.165) is 18.0 Å². The largest absolute Gasteiger partial charge is 0.310 e. The fourth-order valence-corrected chi connectivity index (χ4v) is 3.01. The van der Waals surface area contributed by atoms with Crippen molar-refractivity contribution >= 4 is 11.6 Å². The Balaban J connectivity index is 1.73.